The van der Waals surface area contributed by atoms with Crippen LogP contribution in [0, 0.1) is 0 Å². The van der Waals surface area contributed by atoms with Crippen molar-refractivity contribution in [3.05, 3.63) is 91.8 Å². The lowest BCUT2D eigenvalue weighted by Crippen LogP contribution is -2.24. The first-order valence-electron chi connectivity index (χ1n) is 8.89. The number of hydrogen-bond acceptors (Lipinski definition) is 5. The van der Waals surface area contributed by atoms with Crippen molar-refractivity contribution in [2.75, 3.05) is 6.61 Å². The molecule has 0 aliphatic rings. The number of hydrazone groups is 1. The highest BCUT2D eigenvalue weighted by Gasteiger charge is 2.11. The SMILES string of the molecule is O=C(COc1ccc(Cl)cc1Br)NN=Cc1cc(Br)ccc1OC(=O)c1ccccc1. The lowest BCUT2D eigenvalue weighted by Gasteiger charge is -2.08. The van der Waals surface area contributed by atoms with Crippen molar-refractivity contribution in [1.82, 2.24) is 5.43 Å². The van der Waals surface area contributed by atoms with Crippen molar-refractivity contribution in [2.45, 2.75) is 0 Å². The van der Waals surface area contributed by atoms with Gasteiger partial charge in [0, 0.05) is 15.1 Å². The predicted molar refractivity (Wildman–Crippen MR) is 126 cm³/mol. The molecule has 0 radical (unpaired) electrons. The molecule has 0 unspecified atom stereocenters. The van der Waals surface area contributed by atoms with Gasteiger partial charge in [0.25, 0.3) is 5.91 Å². The van der Waals surface area contributed by atoms with Crippen molar-refractivity contribution in [3.8, 4) is 11.5 Å². The smallest absolute Gasteiger partial charge is 0.343 e. The fourth-order valence-corrected chi connectivity index (χ4v) is 3.56. The predicted octanol–water partition coefficient (Wildman–Crippen LogP) is 5.61. The zero-order valence-corrected chi connectivity index (χ0v) is 19.8. The molecule has 6 nitrogen and oxygen atoms in total. The van der Waals surface area contributed by atoms with Gasteiger partial charge in [-0.2, -0.15) is 5.10 Å². The first-order valence-corrected chi connectivity index (χ1v) is 10.9. The van der Waals surface area contributed by atoms with Crippen LogP contribution in [0.25, 0.3) is 0 Å². The molecule has 0 spiro atoms. The van der Waals surface area contributed by atoms with E-state index in [0.717, 1.165) is 4.47 Å². The van der Waals surface area contributed by atoms with Crippen molar-refractivity contribution in [3.63, 3.8) is 0 Å². The highest BCUT2D eigenvalue weighted by atomic mass is 79.9. The summed E-state index contributed by atoms with van der Waals surface area (Å²) in [4.78, 5) is 24.3. The second-order valence-corrected chi connectivity index (χ2v) is 8.30. The second-order valence-electron chi connectivity index (χ2n) is 6.09. The Morgan fingerprint density at radius 2 is 1.74 bits per heavy atom. The monoisotopic (exact) mass is 564 g/mol. The largest absolute Gasteiger partial charge is 0.483 e. The molecule has 3 aromatic rings. The maximum atomic E-state index is 12.3. The Morgan fingerprint density at radius 1 is 1.00 bits per heavy atom. The molecule has 158 valence electrons. The van der Waals surface area contributed by atoms with Crippen LogP contribution in [0.4, 0.5) is 0 Å². The number of ether oxygens (including phenoxy) is 2. The Labute approximate surface area is 200 Å². The molecule has 3 rings (SSSR count). The van der Waals surface area contributed by atoms with E-state index < -0.39 is 11.9 Å². The average molecular weight is 567 g/mol. The second kappa shape index (κ2) is 11.1. The average Bonchev–Trinajstić information content (AvgIpc) is 2.75. The van der Waals surface area contributed by atoms with E-state index in [2.05, 4.69) is 42.4 Å². The summed E-state index contributed by atoms with van der Waals surface area (Å²) in [5.41, 5.74) is 3.30. The Bertz CT molecular complexity index is 1120. The molecular formula is C22H15Br2ClN2O4. The van der Waals surface area contributed by atoms with Crippen LogP contribution in [0.2, 0.25) is 5.02 Å². The molecule has 1 amide bonds. The lowest BCUT2D eigenvalue weighted by atomic mass is 10.2. The minimum absolute atomic E-state index is 0.244. The van der Waals surface area contributed by atoms with E-state index >= 15 is 0 Å². The summed E-state index contributed by atoms with van der Waals surface area (Å²) in [6, 6.07) is 18.7. The summed E-state index contributed by atoms with van der Waals surface area (Å²) in [7, 11) is 0. The van der Waals surface area contributed by atoms with Gasteiger partial charge in [0.05, 0.1) is 16.3 Å². The maximum absolute atomic E-state index is 12.3. The summed E-state index contributed by atoms with van der Waals surface area (Å²) < 4.78 is 12.3. The number of benzene rings is 3. The van der Waals surface area contributed by atoms with Gasteiger partial charge in [0.15, 0.2) is 6.61 Å². The van der Waals surface area contributed by atoms with Crippen LogP contribution >= 0.6 is 43.5 Å². The third kappa shape index (κ3) is 6.92. The van der Waals surface area contributed by atoms with Crippen molar-refractivity contribution >= 4 is 61.6 Å². The molecule has 0 aliphatic carbocycles. The highest BCUT2D eigenvalue weighted by Crippen LogP contribution is 2.28. The standard InChI is InChI=1S/C22H15Br2ClN2O4/c23-16-6-8-19(31-22(29)14-4-2-1-3-5-14)15(10-16)12-26-27-21(28)13-30-20-9-7-17(25)11-18(20)24/h1-12H,13H2,(H,27,28). The number of rotatable bonds is 7. The third-order valence-electron chi connectivity index (χ3n) is 3.83. The minimum Gasteiger partial charge on any atom is -0.483 e. The van der Waals surface area contributed by atoms with Crippen molar-refractivity contribution < 1.29 is 19.1 Å². The Hall–Kier alpha value is -2.68. The zero-order chi connectivity index (χ0) is 22.2. The molecule has 0 saturated heterocycles. The van der Waals surface area contributed by atoms with E-state index in [9.17, 15) is 9.59 Å². The number of amides is 1. The van der Waals surface area contributed by atoms with Gasteiger partial charge in [-0.15, -0.1) is 0 Å². The fraction of sp³-hybridized carbons (Fsp3) is 0.0455. The fourth-order valence-electron chi connectivity index (χ4n) is 2.39. The molecule has 0 aromatic heterocycles. The van der Waals surface area contributed by atoms with Gasteiger partial charge >= 0.3 is 5.97 Å². The van der Waals surface area contributed by atoms with E-state index in [4.69, 9.17) is 21.1 Å². The number of carbonyl (C=O) groups is 2. The van der Waals surface area contributed by atoms with Crippen molar-refractivity contribution in [1.29, 1.82) is 0 Å². The first-order chi connectivity index (χ1) is 14.9. The quantitative estimate of drug-likeness (QED) is 0.175. The van der Waals surface area contributed by atoms with E-state index in [-0.39, 0.29) is 6.61 Å². The zero-order valence-electron chi connectivity index (χ0n) is 15.8. The van der Waals surface area contributed by atoms with Gasteiger partial charge < -0.3 is 9.47 Å². The molecule has 0 atom stereocenters. The number of carbonyl (C=O) groups excluding carboxylic acids is 2. The van der Waals surface area contributed by atoms with E-state index in [1.165, 1.54) is 6.21 Å². The van der Waals surface area contributed by atoms with Crippen LogP contribution in [0.3, 0.4) is 0 Å². The highest BCUT2D eigenvalue weighted by molar-refractivity contribution is 9.10. The number of halogens is 3. The summed E-state index contributed by atoms with van der Waals surface area (Å²) >= 11 is 12.6. The van der Waals surface area contributed by atoms with E-state index in [1.54, 1.807) is 60.7 Å². The number of hydrogen-bond donors (Lipinski definition) is 1. The summed E-state index contributed by atoms with van der Waals surface area (Å²) in [6.45, 7) is -0.244. The summed E-state index contributed by atoms with van der Waals surface area (Å²) in [6.07, 6.45) is 1.38. The molecule has 0 bridgehead atoms. The first kappa shape index (κ1) is 23.0. The summed E-state index contributed by atoms with van der Waals surface area (Å²) in [5.74, 6) is -0.179. The van der Waals surface area contributed by atoms with Gasteiger partial charge in [0.1, 0.15) is 11.5 Å². The molecule has 0 aliphatic heterocycles. The van der Waals surface area contributed by atoms with Gasteiger partial charge in [-0.05, 0) is 64.5 Å². The van der Waals surface area contributed by atoms with E-state index in [0.29, 0.717) is 32.1 Å². The Kier molecular flexibility index (Phi) is 8.22. The number of nitrogens with one attached hydrogen (secondary N) is 1. The van der Waals surface area contributed by atoms with Crippen LogP contribution in [0.15, 0.2) is 80.8 Å². The van der Waals surface area contributed by atoms with Crippen LogP contribution < -0.4 is 14.9 Å². The van der Waals surface area contributed by atoms with E-state index in [1.807, 2.05) is 6.07 Å². The van der Waals surface area contributed by atoms with Crippen molar-refractivity contribution in [2.24, 2.45) is 5.10 Å². The van der Waals surface area contributed by atoms with Gasteiger partial charge in [-0.3, -0.25) is 4.79 Å². The van der Waals surface area contributed by atoms with Crippen LogP contribution in [-0.2, 0) is 4.79 Å². The molecule has 0 saturated carbocycles. The van der Waals surface area contributed by atoms with Gasteiger partial charge in [-0.1, -0.05) is 45.7 Å². The third-order valence-corrected chi connectivity index (χ3v) is 5.18. The topological polar surface area (TPSA) is 77.0 Å². The molecule has 9 heteroatoms. The number of nitrogens with zero attached hydrogens (tertiary/aromatic N) is 1. The molecular weight excluding hydrogens is 552 g/mol. The number of esters is 1. The van der Waals surface area contributed by atoms with Gasteiger partial charge in [0.2, 0.25) is 0 Å². The molecule has 0 heterocycles. The molecule has 0 fully saturated rings. The lowest BCUT2D eigenvalue weighted by molar-refractivity contribution is -0.123. The minimum atomic E-state index is -0.497. The van der Waals surface area contributed by atoms with Crippen LogP contribution in [0.1, 0.15) is 15.9 Å². The Balaban J connectivity index is 1.61. The molecule has 1 N–H and O–H groups in total. The Morgan fingerprint density at radius 3 is 2.48 bits per heavy atom. The normalized spacial score (nSPS) is 10.7. The maximum Gasteiger partial charge on any atom is 0.343 e. The van der Waals surface area contributed by atoms with Gasteiger partial charge in [-0.25, -0.2) is 10.2 Å². The van der Waals surface area contributed by atoms with Crippen LogP contribution in [0.5, 0.6) is 11.5 Å². The molecule has 3 aromatic carbocycles. The summed E-state index contributed by atoms with van der Waals surface area (Å²) in [5, 5.41) is 4.47. The van der Waals surface area contributed by atoms with Crippen LogP contribution in [-0.4, -0.2) is 24.7 Å². The molecule has 31 heavy (non-hydrogen) atoms.